The Morgan fingerprint density at radius 2 is 1.86 bits per heavy atom. The van der Waals surface area contributed by atoms with Crippen molar-refractivity contribution < 1.29 is 9.84 Å². The molecule has 3 heteroatoms. The van der Waals surface area contributed by atoms with Crippen LogP contribution < -0.4 is 5.32 Å². The summed E-state index contributed by atoms with van der Waals surface area (Å²) >= 11 is 0. The van der Waals surface area contributed by atoms with E-state index in [1.807, 2.05) is 0 Å². The Morgan fingerprint density at radius 1 is 1.06 bits per heavy atom. The molecule has 0 aromatic rings. The average Bonchev–Trinajstić information content (AvgIpc) is 3.20. The van der Waals surface area contributed by atoms with Crippen LogP contribution in [-0.2, 0) is 4.74 Å². The molecule has 0 radical (unpaired) electrons. The lowest BCUT2D eigenvalue weighted by molar-refractivity contribution is -0.0708. The van der Waals surface area contributed by atoms with Gasteiger partial charge in [-0.3, -0.25) is 0 Å². The summed E-state index contributed by atoms with van der Waals surface area (Å²) in [6.45, 7) is 16.9. The largest absolute Gasteiger partial charge is 0.389 e. The van der Waals surface area contributed by atoms with E-state index in [9.17, 15) is 5.11 Å². The highest BCUT2D eigenvalue weighted by molar-refractivity contribution is 5.25. The minimum absolute atomic E-state index is 0.290. The molecule has 36 heavy (non-hydrogen) atoms. The lowest BCUT2D eigenvalue weighted by Crippen LogP contribution is -2.51. The zero-order valence-electron chi connectivity index (χ0n) is 24.7. The molecule has 0 bridgehead atoms. The molecular weight excluding hydrogens is 442 g/mol. The van der Waals surface area contributed by atoms with Crippen LogP contribution in [0.5, 0.6) is 0 Å². The Hall–Kier alpha value is -0.380. The molecule has 0 saturated heterocycles. The minimum Gasteiger partial charge on any atom is -0.389 e. The fourth-order valence-corrected chi connectivity index (χ4v) is 9.55. The molecule has 0 aromatic carbocycles. The minimum atomic E-state index is -0.395. The number of aliphatic hydroxyl groups is 1. The van der Waals surface area contributed by atoms with E-state index < -0.39 is 6.10 Å². The Balaban J connectivity index is 1.35. The number of aliphatic hydroxyl groups excluding tert-OH is 1. The van der Waals surface area contributed by atoms with Gasteiger partial charge in [-0.2, -0.15) is 0 Å². The van der Waals surface area contributed by atoms with E-state index in [2.05, 4.69) is 52.9 Å². The van der Waals surface area contributed by atoms with Crippen LogP contribution >= 0.6 is 0 Å². The highest BCUT2D eigenvalue weighted by Gasteiger charge is 2.59. The van der Waals surface area contributed by atoms with Crippen LogP contribution in [0.4, 0.5) is 0 Å². The highest BCUT2D eigenvalue weighted by atomic mass is 16.5. The van der Waals surface area contributed by atoms with Crippen molar-refractivity contribution in [3.05, 3.63) is 11.6 Å². The van der Waals surface area contributed by atoms with E-state index in [1.165, 1.54) is 57.8 Å². The Bertz CT molecular complexity index is 733. The first-order chi connectivity index (χ1) is 17.2. The van der Waals surface area contributed by atoms with Gasteiger partial charge in [-0.15, -0.1) is 0 Å². The molecule has 0 aliphatic heterocycles. The lowest BCUT2D eigenvalue weighted by Gasteiger charge is -2.58. The number of hydrogen-bond acceptors (Lipinski definition) is 3. The van der Waals surface area contributed by atoms with E-state index in [-0.39, 0.29) is 6.10 Å². The van der Waals surface area contributed by atoms with Gasteiger partial charge in [-0.1, -0.05) is 72.5 Å². The van der Waals surface area contributed by atoms with Crippen molar-refractivity contribution >= 4 is 0 Å². The molecule has 4 aliphatic rings. The maximum absolute atomic E-state index is 10.3. The van der Waals surface area contributed by atoms with Gasteiger partial charge in [0.15, 0.2) is 0 Å². The number of hydrogen-bond donors (Lipinski definition) is 2. The molecule has 3 fully saturated rings. The first-order valence-corrected chi connectivity index (χ1v) is 15.9. The second-order valence-electron chi connectivity index (χ2n) is 14.3. The molecule has 4 rings (SSSR count). The van der Waals surface area contributed by atoms with E-state index in [0.717, 1.165) is 61.3 Å². The SMILES string of the molecule is CCCNCC(O)CO[C@H]1CC[C@@]2(C)C(=CCC3C2CC[C@@]2(C)C3CC[C@@H]2[C@H](C)CCCC(C)C)C1. The third-order valence-electron chi connectivity index (χ3n) is 11.6. The van der Waals surface area contributed by atoms with Gasteiger partial charge in [-0.05, 0) is 111 Å². The summed E-state index contributed by atoms with van der Waals surface area (Å²) in [7, 11) is 0. The van der Waals surface area contributed by atoms with Crippen LogP contribution in [0.1, 0.15) is 119 Å². The second-order valence-corrected chi connectivity index (χ2v) is 14.3. The quantitative estimate of drug-likeness (QED) is 0.212. The average molecular weight is 502 g/mol. The van der Waals surface area contributed by atoms with Crippen molar-refractivity contribution in [2.24, 2.45) is 46.3 Å². The molecule has 3 saturated carbocycles. The summed E-state index contributed by atoms with van der Waals surface area (Å²) in [6, 6.07) is 0. The summed E-state index contributed by atoms with van der Waals surface area (Å²) in [6.07, 6.45) is 18.6. The summed E-state index contributed by atoms with van der Waals surface area (Å²) in [5.41, 5.74) is 2.65. The normalized spacial score (nSPS) is 39.8. The molecule has 4 aliphatic carbocycles. The number of fused-ring (bicyclic) bond motifs is 5. The van der Waals surface area contributed by atoms with Gasteiger partial charge in [0.25, 0.3) is 0 Å². The highest BCUT2D eigenvalue weighted by Crippen LogP contribution is 2.67. The molecule has 4 unspecified atom stereocenters. The van der Waals surface area contributed by atoms with Crippen LogP contribution in [0.15, 0.2) is 11.6 Å². The second kappa shape index (κ2) is 12.2. The zero-order valence-corrected chi connectivity index (χ0v) is 24.7. The summed E-state index contributed by atoms with van der Waals surface area (Å²) in [5.74, 6) is 5.38. The predicted octanol–water partition coefficient (Wildman–Crippen LogP) is 7.77. The molecule has 0 amide bonds. The van der Waals surface area contributed by atoms with Crippen LogP contribution in [0.25, 0.3) is 0 Å². The van der Waals surface area contributed by atoms with Gasteiger partial charge < -0.3 is 15.2 Å². The van der Waals surface area contributed by atoms with Gasteiger partial charge in [0.2, 0.25) is 0 Å². The Morgan fingerprint density at radius 3 is 2.61 bits per heavy atom. The number of rotatable bonds is 12. The molecule has 0 heterocycles. The first kappa shape index (κ1) is 28.6. The smallest absolute Gasteiger partial charge is 0.0897 e. The monoisotopic (exact) mass is 501 g/mol. The number of allylic oxidation sites excluding steroid dienone is 1. The molecule has 208 valence electrons. The van der Waals surface area contributed by atoms with Crippen molar-refractivity contribution in [3.8, 4) is 0 Å². The number of nitrogens with one attached hydrogen (secondary N) is 1. The molecule has 3 nitrogen and oxygen atoms in total. The van der Waals surface area contributed by atoms with E-state index in [4.69, 9.17) is 4.74 Å². The molecule has 0 aromatic heterocycles. The van der Waals surface area contributed by atoms with Crippen LogP contribution in [0, 0.1) is 46.3 Å². The van der Waals surface area contributed by atoms with Gasteiger partial charge in [-0.25, -0.2) is 0 Å². The standard InChI is InChI=1S/C33H59NO2/c1-7-19-34-21-26(35)22-36-27-15-17-32(5)25(20-27)11-12-28-30-14-13-29(24(4)10-8-9-23(2)3)33(30,6)18-16-31(28)32/h11,23-24,26-31,34-35H,7-10,12-22H2,1-6H3/t24-,26?,27+,28?,29-,30?,31?,32+,33-/m1/s1. The first-order valence-electron chi connectivity index (χ1n) is 15.9. The summed E-state index contributed by atoms with van der Waals surface area (Å²) in [4.78, 5) is 0. The predicted molar refractivity (Wildman–Crippen MR) is 152 cm³/mol. The molecule has 2 N–H and O–H groups in total. The van der Waals surface area contributed by atoms with Gasteiger partial charge in [0.1, 0.15) is 0 Å². The topological polar surface area (TPSA) is 41.5 Å². The van der Waals surface area contributed by atoms with E-state index in [1.54, 1.807) is 5.57 Å². The van der Waals surface area contributed by atoms with Crippen molar-refractivity contribution in [2.75, 3.05) is 19.7 Å². The molecule has 9 atom stereocenters. The zero-order chi connectivity index (χ0) is 25.9. The maximum Gasteiger partial charge on any atom is 0.0897 e. The van der Waals surface area contributed by atoms with Crippen molar-refractivity contribution in [1.29, 1.82) is 0 Å². The maximum atomic E-state index is 10.3. The molecular formula is C33H59NO2. The van der Waals surface area contributed by atoms with Crippen LogP contribution in [0.2, 0.25) is 0 Å². The molecule has 0 spiro atoms. The van der Waals surface area contributed by atoms with Gasteiger partial charge >= 0.3 is 0 Å². The summed E-state index contributed by atoms with van der Waals surface area (Å²) in [5, 5.41) is 13.6. The van der Waals surface area contributed by atoms with Crippen LogP contribution in [-0.4, -0.2) is 37.0 Å². The fraction of sp³-hybridized carbons (Fsp3) is 0.939. The fourth-order valence-electron chi connectivity index (χ4n) is 9.55. The van der Waals surface area contributed by atoms with E-state index >= 15 is 0 Å². The van der Waals surface area contributed by atoms with Gasteiger partial charge in [0.05, 0.1) is 18.8 Å². The Labute approximate surface area is 223 Å². The van der Waals surface area contributed by atoms with Crippen molar-refractivity contribution in [3.63, 3.8) is 0 Å². The Kier molecular flexibility index (Phi) is 9.71. The third kappa shape index (κ3) is 5.94. The summed E-state index contributed by atoms with van der Waals surface area (Å²) < 4.78 is 6.25. The lowest BCUT2D eigenvalue weighted by atomic mass is 9.47. The third-order valence-corrected chi connectivity index (χ3v) is 11.6. The number of ether oxygens (including phenoxy) is 1. The van der Waals surface area contributed by atoms with Gasteiger partial charge in [0, 0.05) is 6.54 Å². The van der Waals surface area contributed by atoms with E-state index in [0.29, 0.717) is 24.0 Å². The van der Waals surface area contributed by atoms with Crippen molar-refractivity contribution in [2.45, 2.75) is 131 Å². The van der Waals surface area contributed by atoms with Crippen molar-refractivity contribution in [1.82, 2.24) is 5.32 Å². The van der Waals surface area contributed by atoms with Crippen LogP contribution in [0.3, 0.4) is 0 Å².